The van der Waals surface area contributed by atoms with Crippen molar-refractivity contribution in [1.29, 1.82) is 10.5 Å². The van der Waals surface area contributed by atoms with Crippen LogP contribution in [0, 0.1) is 22.7 Å². The third-order valence-electron chi connectivity index (χ3n) is 4.40. The number of anilines is 1. The van der Waals surface area contributed by atoms with Gasteiger partial charge in [-0.15, -0.1) is 0 Å². The van der Waals surface area contributed by atoms with Crippen molar-refractivity contribution in [2.75, 3.05) is 18.7 Å². The van der Waals surface area contributed by atoms with Gasteiger partial charge in [-0.1, -0.05) is 53.7 Å². The Balaban J connectivity index is 2.06. The van der Waals surface area contributed by atoms with Gasteiger partial charge in [-0.3, -0.25) is 10.3 Å². The molecule has 0 unspecified atom stereocenters. The predicted octanol–water partition coefficient (Wildman–Crippen LogP) is 4.78. The zero-order chi connectivity index (χ0) is 20.3. The molecule has 0 bridgehead atoms. The summed E-state index contributed by atoms with van der Waals surface area (Å²) in [5.74, 6) is 0. The van der Waals surface area contributed by atoms with Crippen molar-refractivity contribution < 1.29 is 9.68 Å². The van der Waals surface area contributed by atoms with Gasteiger partial charge in [-0.25, -0.2) is 0 Å². The third kappa shape index (κ3) is 5.22. The first kappa shape index (κ1) is 20.1. The fourth-order valence-corrected chi connectivity index (χ4v) is 3.03. The molecule has 0 spiro atoms. The zero-order valence-corrected chi connectivity index (χ0v) is 16.1. The summed E-state index contributed by atoms with van der Waals surface area (Å²) in [4.78, 5) is 11.1. The molecule has 0 aromatic heterocycles. The van der Waals surface area contributed by atoms with E-state index in [-0.39, 0.29) is 0 Å². The van der Waals surface area contributed by atoms with Crippen LogP contribution >= 0.6 is 0 Å². The highest BCUT2D eigenvalue weighted by Gasteiger charge is 2.06. The molecule has 0 atom stereocenters. The second-order valence-corrected chi connectivity index (χ2v) is 6.43. The number of nitrogens with one attached hydrogen (secondary N) is 1. The SMILES string of the molecule is N#CCCCON=c1cc(NOCCCC#N)c2ccccc2c2ccccc12. The molecule has 0 fully saturated rings. The summed E-state index contributed by atoms with van der Waals surface area (Å²) in [5.41, 5.74) is 3.80. The summed E-state index contributed by atoms with van der Waals surface area (Å²) in [5, 5.41) is 26.4. The van der Waals surface area contributed by atoms with Crippen LogP contribution in [0.4, 0.5) is 5.69 Å². The van der Waals surface area contributed by atoms with Crippen molar-refractivity contribution in [1.82, 2.24) is 0 Å². The fraction of sp³-hybridized carbons (Fsp3) is 0.261. The van der Waals surface area contributed by atoms with Crippen molar-refractivity contribution in [2.45, 2.75) is 25.7 Å². The molecular formula is C23H22N4O2. The molecular weight excluding hydrogens is 364 g/mol. The second kappa shape index (κ2) is 10.7. The van der Waals surface area contributed by atoms with Crippen LogP contribution in [-0.2, 0) is 9.68 Å². The number of hydrogen-bond acceptors (Lipinski definition) is 6. The van der Waals surface area contributed by atoms with Crippen molar-refractivity contribution in [3.63, 3.8) is 0 Å². The molecule has 0 radical (unpaired) electrons. The Hall–Kier alpha value is -3.61. The van der Waals surface area contributed by atoms with E-state index in [0.717, 1.165) is 27.2 Å². The highest BCUT2D eigenvalue weighted by atomic mass is 16.6. The number of hydrogen-bond donors (Lipinski definition) is 1. The van der Waals surface area contributed by atoms with E-state index in [4.69, 9.17) is 20.2 Å². The molecule has 0 amide bonds. The molecule has 0 aliphatic carbocycles. The van der Waals surface area contributed by atoms with Gasteiger partial charge in [0, 0.05) is 23.6 Å². The Morgan fingerprint density at radius 3 is 2.07 bits per heavy atom. The number of benzene rings is 2. The topological polar surface area (TPSA) is 90.4 Å². The Labute approximate surface area is 169 Å². The highest BCUT2D eigenvalue weighted by molar-refractivity contribution is 6.09. The summed E-state index contributed by atoms with van der Waals surface area (Å²) in [6.07, 6.45) is 2.17. The maximum absolute atomic E-state index is 8.67. The molecule has 0 aliphatic rings. The van der Waals surface area contributed by atoms with E-state index in [1.165, 1.54) is 0 Å². The van der Waals surface area contributed by atoms with Gasteiger partial charge in [0.1, 0.15) is 12.0 Å². The largest absolute Gasteiger partial charge is 0.395 e. The van der Waals surface area contributed by atoms with Gasteiger partial charge < -0.3 is 4.84 Å². The molecule has 0 saturated carbocycles. The number of unbranched alkanes of at least 4 members (excludes halogenated alkanes) is 2. The fourth-order valence-electron chi connectivity index (χ4n) is 3.03. The summed E-state index contributed by atoms with van der Waals surface area (Å²) in [7, 11) is 0. The van der Waals surface area contributed by atoms with E-state index >= 15 is 0 Å². The monoisotopic (exact) mass is 386 g/mol. The molecule has 0 heterocycles. The summed E-state index contributed by atoms with van der Waals surface area (Å²) >= 11 is 0. The molecule has 29 heavy (non-hydrogen) atoms. The van der Waals surface area contributed by atoms with Crippen LogP contribution in [0.2, 0.25) is 0 Å². The van der Waals surface area contributed by atoms with E-state index in [1.54, 1.807) is 0 Å². The lowest BCUT2D eigenvalue weighted by molar-refractivity contribution is 0.132. The smallest absolute Gasteiger partial charge is 0.118 e. The van der Waals surface area contributed by atoms with Gasteiger partial charge in [0.25, 0.3) is 0 Å². The molecule has 146 valence electrons. The summed E-state index contributed by atoms with van der Waals surface area (Å²) < 4.78 is 0. The zero-order valence-electron chi connectivity index (χ0n) is 16.1. The molecule has 3 rings (SSSR count). The first-order chi connectivity index (χ1) is 14.3. The van der Waals surface area contributed by atoms with Gasteiger partial charge in [-0.2, -0.15) is 10.5 Å². The Bertz CT molecular complexity index is 1130. The van der Waals surface area contributed by atoms with Crippen LogP contribution in [0.15, 0.2) is 59.8 Å². The van der Waals surface area contributed by atoms with E-state index in [1.807, 2.05) is 42.5 Å². The van der Waals surface area contributed by atoms with Crippen LogP contribution < -0.4 is 10.8 Å². The van der Waals surface area contributed by atoms with Crippen molar-refractivity contribution in [3.8, 4) is 12.1 Å². The quantitative estimate of drug-likeness (QED) is 0.422. The Morgan fingerprint density at radius 1 is 0.793 bits per heavy atom. The minimum Gasteiger partial charge on any atom is -0.395 e. The van der Waals surface area contributed by atoms with Crippen molar-refractivity contribution in [3.05, 3.63) is 60.0 Å². The molecule has 3 aromatic carbocycles. The average Bonchev–Trinajstić information content (AvgIpc) is 2.89. The van der Waals surface area contributed by atoms with E-state index in [0.29, 0.717) is 44.3 Å². The van der Waals surface area contributed by atoms with Crippen LogP contribution in [0.5, 0.6) is 0 Å². The van der Waals surface area contributed by atoms with Gasteiger partial charge in [0.15, 0.2) is 0 Å². The number of fused-ring (bicyclic) bond motifs is 3. The van der Waals surface area contributed by atoms with Crippen LogP contribution in [0.1, 0.15) is 25.7 Å². The summed E-state index contributed by atoms with van der Waals surface area (Å²) in [6, 6.07) is 22.2. The molecule has 0 saturated heterocycles. The van der Waals surface area contributed by atoms with Gasteiger partial charge in [0.2, 0.25) is 0 Å². The second-order valence-electron chi connectivity index (χ2n) is 6.43. The maximum Gasteiger partial charge on any atom is 0.118 e. The van der Waals surface area contributed by atoms with Gasteiger partial charge in [0.05, 0.1) is 24.4 Å². The molecule has 0 aliphatic heterocycles. The Kier molecular flexibility index (Phi) is 7.40. The number of rotatable bonds is 9. The number of nitriles is 2. The lowest BCUT2D eigenvalue weighted by atomic mass is 10.1. The molecule has 1 N–H and O–H groups in total. The first-order valence-electron chi connectivity index (χ1n) is 9.57. The normalized spacial score (nSPS) is 11.2. The summed E-state index contributed by atoms with van der Waals surface area (Å²) in [6.45, 7) is 0.810. The maximum atomic E-state index is 8.67. The van der Waals surface area contributed by atoms with Crippen LogP contribution in [0.25, 0.3) is 21.5 Å². The van der Waals surface area contributed by atoms with E-state index in [2.05, 4.69) is 34.9 Å². The van der Waals surface area contributed by atoms with Gasteiger partial charge >= 0.3 is 0 Å². The minimum atomic E-state index is 0.382. The van der Waals surface area contributed by atoms with E-state index < -0.39 is 0 Å². The first-order valence-corrected chi connectivity index (χ1v) is 9.57. The average molecular weight is 386 g/mol. The molecule has 6 heteroatoms. The predicted molar refractivity (Wildman–Crippen MR) is 112 cm³/mol. The molecule has 3 aromatic rings. The minimum absolute atomic E-state index is 0.382. The van der Waals surface area contributed by atoms with Crippen LogP contribution in [0.3, 0.4) is 0 Å². The lowest BCUT2D eigenvalue weighted by Gasteiger charge is -2.07. The highest BCUT2D eigenvalue weighted by Crippen LogP contribution is 2.27. The van der Waals surface area contributed by atoms with Crippen LogP contribution in [-0.4, -0.2) is 13.2 Å². The third-order valence-corrected chi connectivity index (χ3v) is 4.40. The van der Waals surface area contributed by atoms with Crippen molar-refractivity contribution in [2.24, 2.45) is 5.16 Å². The standard InChI is InChI=1S/C23H22N4O2/c24-13-5-7-15-28-26-22-17-23(27-29-16-8-6-14-25)21-12-4-2-10-19(21)18-9-1-3-11-20(18)22/h1-4,9-12,17,26H,5-8,15-16H2. The number of nitrogens with zero attached hydrogens (tertiary/aromatic N) is 3. The van der Waals surface area contributed by atoms with Crippen molar-refractivity contribution >= 4 is 27.2 Å². The van der Waals surface area contributed by atoms with E-state index in [9.17, 15) is 0 Å². The van der Waals surface area contributed by atoms with Gasteiger partial charge in [-0.05, 0) is 29.7 Å². The molecule has 6 nitrogen and oxygen atoms in total. The lowest BCUT2D eigenvalue weighted by Crippen LogP contribution is -2.06. The Morgan fingerprint density at radius 2 is 1.38 bits per heavy atom.